The van der Waals surface area contributed by atoms with Crippen LogP contribution in [0.4, 0.5) is 0 Å². The SMILES string of the molecule is O=C(Cc1ccc2ccccc2c1)[C@@H]1C[C@H]1c1cccc(S(=O)(=O)NCC2CCNCC2)c1. The van der Waals surface area contributed by atoms with Gasteiger partial charge in [0.25, 0.3) is 0 Å². The van der Waals surface area contributed by atoms with Gasteiger partial charge in [-0.2, -0.15) is 0 Å². The van der Waals surface area contributed by atoms with Gasteiger partial charge in [-0.05, 0) is 78.2 Å². The summed E-state index contributed by atoms with van der Waals surface area (Å²) in [5, 5.41) is 5.62. The van der Waals surface area contributed by atoms with Crippen molar-refractivity contribution in [2.24, 2.45) is 11.8 Å². The molecule has 1 saturated heterocycles. The predicted molar refractivity (Wildman–Crippen MR) is 131 cm³/mol. The monoisotopic (exact) mass is 462 g/mol. The Morgan fingerprint density at radius 2 is 1.73 bits per heavy atom. The number of nitrogens with one attached hydrogen (secondary N) is 2. The molecule has 3 aromatic carbocycles. The molecular weight excluding hydrogens is 432 g/mol. The van der Waals surface area contributed by atoms with Gasteiger partial charge in [0.05, 0.1) is 4.90 Å². The average Bonchev–Trinajstić information content (AvgIpc) is 3.65. The quantitative estimate of drug-likeness (QED) is 0.530. The van der Waals surface area contributed by atoms with Crippen molar-refractivity contribution in [3.63, 3.8) is 0 Å². The molecule has 0 amide bonds. The minimum atomic E-state index is -3.55. The van der Waals surface area contributed by atoms with E-state index in [0.717, 1.165) is 48.9 Å². The van der Waals surface area contributed by atoms with Crippen LogP contribution in [0.2, 0.25) is 0 Å². The number of piperidine rings is 1. The molecule has 2 N–H and O–H groups in total. The first-order valence-electron chi connectivity index (χ1n) is 11.8. The summed E-state index contributed by atoms with van der Waals surface area (Å²) in [4.78, 5) is 13.2. The van der Waals surface area contributed by atoms with E-state index in [1.165, 1.54) is 5.39 Å². The Kier molecular flexibility index (Phi) is 6.32. The first kappa shape index (κ1) is 22.3. The van der Waals surface area contributed by atoms with Crippen molar-refractivity contribution in [3.8, 4) is 0 Å². The van der Waals surface area contributed by atoms with E-state index < -0.39 is 10.0 Å². The largest absolute Gasteiger partial charge is 0.317 e. The fraction of sp³-hybridized carbons (Fsp3) is 0.370. The van der Waals surface area contributed by atoms with Crippen molar-refractivity contribution < 1.29 is 13.2 Å². The molecule has 1 aliphatic carbocycles. The molecule has 3 aromatic rings. The van der Waals surface area contributed by atoms with E-state index >= 15 is 0 Å². The molecule has 0 radical (unpaired) electrons. The molecule has 0 spiro atoms. The van der Waals surface area contributed by atoms with E-state index in [4.69, 9.17) is 0 Å². The molecule has 2 fully saturated rings. The van der Waals surface area contributed by atoms with Crippen LogP contribution < -0.4 is 10.0 Å². The average molecular weight is 463 g/mol. The molecule has 1 saturated carbocycles. The van der Waals surface area contributed by atoms with Gasteiger partial charge in [-0.1, -0.05) is 54.6 Å². The number of Topliss-reactive ketones (excluding diaryl/α,β-unsaturated/α-hetero) is 1. The molecule has 1 heterocycles. The Hall–Kier alpha value is -2.54. The van der Waals surface area contributed by atoms with Crippen LogP contribution in [0.5, 0.6) is 0 Å². The summed E-state index contributed by atoms with van der Waals surface area (Å²) in [6.07, 6.45) is 3.19. The molecule has 172 valence electrons. The zero-order valence-electron chi connectivity index (χ0n) is 18.7. The number of hydrogen-bond acceptors (Lipinski definition) is 4. The van der Waals surface area contributed by atoms with E-state index in [9.17, 15) is 13.2 Å². The maximum atomic E-state index is 12.9. The first-order chi connectivity index (χ1) is 16.0. The Morgan fingerprint density at radius 1 is 0.939 bits per heavy atom. The van der Waals surface area contributed by atoms with Gasteiger partial charge in [-0.25, -0.2) is 13.1 Å². The minimum absolute atomic E-state index is 0.0304. The molecule has 33 heavy (non-hydrogen) atoms. The number of ketones is 1. The lowest BCUT2D eigenvalue weighted by Crippen LogP contribution is -2.36. The summed E-state index contributed by atoms with van der Waals surface area (Å²) in [5.41, 5.74) is 1.97. The highest BCUT2D eigenvalue weighted by atomic mass is 32.2. The molecular formula is C27H30N2O3S. The third-order valence-corrected chi connectivity index (χ3v) is 8.43. The lowest BCUT2D eigenvalue weighted by molar-refractivity contribution is -0.119. The molecule has 0 aromatic heterocycles. The maximum absolute atomic E-state index is 12.9. The normalized spacial score (nSPS) is 21.2. The van der Waals surface area contributed by atoms with Gasteiger partial charge >= 0.3 is 0 Å². The Morgan fingerprint density at radius 3 is 2.55 bits per heavy atom. The molecule has 1 aliphatic heterocycles. The fourth-order valence-electron chi connectivity index (χ4n) is 4.91. The highest BCUT2D eigenvalue weighted by molar-refractivity contribution is 7.89. The number of fused-ring (bicyclic) bond motifs is 1. The number of hydrogen-bond donors (Lipinski definition) is 2. The number of carbonyl (C=O) groups excluding carboxylic acids is 1. The van der Waals surface area contributed by atoms with Crippen molar-refractivity contribution >= 4 is 26.6 Å². The zero-order chi connectivity index (χ0) is 22.8. The lowest BCUT2D eigenvalue weighted by atomic mass is 9.99. The summed E-state index contributed by atoms with van der Waals surface area (Å²) in [6, 6.07) is 21.5. The topological polar surface area (TPSA) is 75.3 Å². The number of benzene rings is 3. The standard InChI is InChI=1S/C27H30N2O3S/c30-27(15-20-8-9-21-4-1-2-5-22(21)14-20)26-17-25(26)23-6-3-7-24(16-23)33(31,32)29-18-19-10-12-28-13-11-19/h1-9,14,16,19,25-26,28-29H,10-13,15,17-18H2/t25-,26+/m0/s1. The predicted octanol–water partition coefficient (Wildman–Crippen LogP) is 4.03. The highest BCUT2D eigenvalue weighted by Crippen LogP contribution is 2.48. The van der Waals surface area contributed by atoms with Gasteiger partial charge in [-0.3, -0.25) is 4.79 Å². The second-order valence-electron chi connectivity index (χ2n) is 9.39. The summed E-state index contributed by atoms with van der Waals surface area (Å²) in [5.74, 6) is 0.687. The molecule has 6 heteroatoms. The van der Waals surface area contributed by atoms with Gasteiger partial charge < -0.3 is 5.32 Å². The smallest absolute Gasteiger partial charge is 0.240 e. The van der Waals surface area contributed by atoms with Gasteiger partial charge in [-0.15, -0.1) is 0 Å². The van der Waals surface area contributed by atoms with E-state index in [2.05, 4.69) is 34.3 Å². The third-order valence-electron chi connectivity index (χ3n) is 7.01. The van der Waals surface area contributed by atoms with Crippen LogP contribution in [0.3, 0.4) is 0 Å². The van der Waals surface area contributed by atoms with Crippen LogP contribution in [0, 0.1) is 11.8 Å². The second-order valence-corrected chi connectivity index (χ2v) is 11.2. The van der Waals surface area contributed by atoms with Crippen LogP contribution in [0.1, 0.15) is 36.3 Å². The number of carbonyl (C=O) groups is 1. The zero-order valence-corrected chi connectivity index (χ0v) is 19.5. The summed E-state index contributed by atoms with van der Waals surface area (Å²) < 4.78 is 28.5. The third kappa shape index (κ3) is 5.18. The van der Waals surface area contributed by atoms with Gasteiger partial charge in [0.1, 0.15) is 5.78 Å². The Bertz CT molecular complexity index is 1270. The van der Waals surface area contributed by atoms with E-state index in [1.54, 1.807) is 18.2 Å². The number of sulfonamides is 1. The van der Waals surface area contributed by atoms with Crippen molar-refractivity contribution in [2.75, 3.05) is 19.6 Å². The highest BCUT2D eigenvalue weighted by Gasteiger charge is 2.43. The van der Waals surface area contributed by atoms with Crippen LogP contribution in [0.15, 0.2) is 71.6 Å². The molecule has 2 aliphatic rings. The second kappa shape index (κ2) is 9.37. The van der Waals surface area contributed by atoms with E-state index in [-0.39, 0.29) is 17.6 Å². The molecule has 5 rings (SSSR count). The van der Waals surface area contributed by atoms with Crippen LogP contribution in [-0.2, 0) is 21.2 Å². The first-order valence-corrected chi connectivity index (χ1v) is 13.3. The fourth-order valence-corrected chi connectivity index (χ4v) is 6.08. The molecule has 5 nitrogen and oxygen atoms in total. The number of rotatable bonds is 8. The van der Waals surface area contributed by atoms with Crippen LogP contribution in [0.25, 0.3) is 10.8 Å². The van der Waals surface area contributed by atoms with Gasteiger partial charge in [0.15, 0.2) is 0 Å². The summed E-state index contributed by atoms with van der Waals surface area (Å²) >= 11 is 0. The van der Waals surface area contributed by atoms with Crippen LogP contribution >= 0.6 is 0 Å². The molecule has 2 atom stereocenters. The summed E-state index contributed by atoms with van der Waals surface area (Å²) in [7, 11) is -3.55. The Labute approximate surface area is 195 Å². The van der Waals surface area contributed by atoms with Gasteiger partial charge in [0.2, 0.25) is 10.0 Å². The summed E-state index contributed by atoms with van der Waals surface area (Å²) in [6.45, 7) is 2.36. The Balaban J connectivity index is 1.22. The van der Waals surface area contributed by atoms with E-state index in [1.807, 2.05) is 24.3 Å². The van der Waals surface area contributed by atoms with Crippen molar-refractivity contribution in [1.82, 2.24) is 10.0 Å². The molecule has 0 bridgehead atoms. The van der Waals surface area contributed by atoms with Crippen molar-refractivity contribution in [2.45, 2.75) is 36.5 Å². The van der Waals surface area contributed by atoms with E-state index in [0.29, 0.717) is 23.8 Å². The van der Waals surface area contributed by atoms with Crippen molar-refractivity contribution in [1.29, 1.82) is 0 Å². The van der Waals surface area contributed by atoms with Crippen molar-refractivity contribution in [3.05, 3.63) is 77.9 Å². The van der Waals surface area contributed by atoms with Crippen LogP contribution in [-0.4, -0.2) is 33.8 Å². The van der Waals surface area contributed by atoms with Gasteiger partial charge in [0, 0.05) is 18.9 Å². The molecule has 0 unspecified atom stereocenters. The minimum Gasteiger partial charge on any atom is -0.317 e. The maximum Gasteiger partial charge on any atom is 0.240 e. The lowest BCUT2D eigenvalue weighted by Gasteiger charge is -2.22.